The lowest BCUT2D eigenvalue weighted by atomic mass is 10.2. The van der Waals surface area contributed by atoms with E-state index in [2.05, 4.69) is 43.2 Å². The van der Waals surface area contributed by atoms with E-state index in [1.54, 1.807) is 24.3 Å². The van der Waals surface area contributed by atoms with Gasteiger partial charge in [0.2, 0.25) is 5.69 Å². The van der Waals surface area contributed by atoms with Crippen molar-refractivity contribution in [3.8, 4) is 0 Å². The summed E-state index contributed by atoms with van der Waals surface area (Å²) >= 11 is 0. The Morgan fingerprint density at radius 1 is 1.00 bits per heavy atom. The number of aromatic nitrogens is 1. The van der Waals surface area contributed by atoms with Gasteiger partial charge in [0.15, 0.2) is 13.3 Å². The van der Waals surface area contributed by atoms with Gasteiger partial charge in [0, 0.05) is 48.4 Å². The zero-order valence-electron chi connectivity index (χ0n) is 20.8. The van der Waals surface area contributed by atoms with Crippen LogP contribution in [-0.2, 0) is 11.4 Å². The summed E-state index contributed by atoms with van der Waals surface area (Å²) < 4.78 is 2.34. The molecule has 0 aliphatic carbocycles. The molecule has 0 atom stereocenters. The highest BCUT2D eigenvalue weighted by molar-refractivity contribution is 6.04. The maximum absolute atomic E-state index is 11.8. The quantitative estimate of drug-likeness (QED) is 0.188. The molecule has 2 N–H and O–H groups in total. The van der Waals surface area contributed by atoms with E-state index in [4.69, 9.17) is 4.84 Å². The number of fused-ring (bicyclic) bond motifs is 1. The second-order valence-corrected chi connectivity index (χ2v) is 9.02. The fourth-order valence-corrected chi connectivity index (χ4v) is 4.78. The van der Waals surface area contributed by atoms with Crippen LogP contribution in [0.3, 0.4) is 0 Å². The van der Waals surface area contributed by atoms with Crippen molar-refractivity contribution in [2.45, 2.75) is 19.4 Å². The Labute approximate surface area is 214 Å². The van der Waals surface area contributed by atoms with Crippen LogP contribution in [0.1, 0.15) is 18.5 Å². The van der Waals surface area contributed by atoms with Crippen LogP contribution >= 0.6 is 0 Å². The molecule has 0 amide bonds. The summed E-state index contributed by atoms with van der Waals surface area (Å²) in [5.41, 5.74) is 5.63. The molecule has 9 heteroatoms. The third-order valence-electron chi connectivity index (χ3n) is 6.71. The van der Waals surface area contributed by atoms with Gasteiger partial charge in [-0.25, -0.2) is 9.83 Å². The molecule has 37 heavy (non-hydrogen) atoms. The highest BCUT2D eigenvalue weighted by Crippen LogP contribution is 2.33. The molecule has 1 aliphatic rings. The molecule has 1 aromatic heterocycles. The smallest absolute Gasteiger partial charge is 0.316 e. The van der Waals surface area contributed by atoms with Gasteiger partial charge in [0.05, 0.1) is 16.1 Å². The van der Waals surface area contributed by atoms with Crippen molar-refractivity contribution >= 4 is 45.6 Å². The molecule has 4 aromatic rings. The molecule has 9 nitrogen and oxygen atoms in total. The van der Waals surface area contributed by atoms with Crippen LogP contribution in [0.5, 0.6) is 0 Å². The van der Waals surface area contributed by atoms with Crippen molar-refractivity contribution in [3.63, 3.8) is 0 Å². The first-order chi connectivity index (χ1) is 18.2. The fraction of sp³-hybridized carbons (Fsp3) is 0.250. The highest BCUT2D eigenvalue weighted by Gasteiger charge is 2.20. The highest BCUT2D eigenvalue weighted by atomic mass is 16.8. The van der Waals surface area contributed by atoms with E-state index in [0.29, 0.717) is 16.3 Å². The molecule has 0 bridgehead atoms. The van der Waals surface area contributed by atoms with Gasteiger partial charge in [-0.3, -0.25) is 0 Å². The zero-order valence-corrected chi connectivity index (χ0v) is 20.8. The average Bonchev–Trinajstić information content (AvgIpc) is 3.57. The molecule has 3 aromatic carbocycles. The van der Waals surface area contributed by atoms with Crippen LogP contribution in [0.25, 0.3) is 10.9 Å². The first kappa shape index (κ1) is 24.3. The van der Waals surface area contributed by atoms with Gasteiger partial charge >= 0.3 is 5.69 Å². The number of likely N-dealkylation sites (tertiary alicyclic amines) is 1. The molecule has 188 valence electrons. The molecule has 2 heterocycles. The van der Waals surface area contributed by atoms with E-state index >= 15 is 0 Å². The van der Waals surface area contributed by atoms with Crippen LogP contribution in [0.4, 0.5) is 28.4 Å². The van der Waals surface area contributed by atoms with Crippen molar-refractivity contribution in [3.05, 3.63) is 88.3 Å². The van der Waals surface area contributed by atoms with Gasteiger partial charge in [-0.05, 0) is 61.4 Å². The largest absolute Gasteiger partial charge is 0.353 e. The Kier molecular flexibility index (Phi) is 7.32. The molecule has 0 unspecified atom stereocenters. The summed E-state index contributed by atoms with van der Waals surface area (Å²) in [7, 11) is 1.34. The van der Waals surface area contributed by atoms with Crippen LogP contribution in [-0.4, -0.2) is 47.3 Å². The fourth-order valence-electron chi connectivity index (χ4n) is 4.78. The topological polar surface area (TPSA) is 92.9 Å². The third-order valence-corrected chi connectivity index (χ3v) is 6.71. The van der Waals surface area contributed by atoms with Crippen LogP contribution in [0.2, 0.25) is 0 Å². The summed E-state index contributed by atoms with van der Waals surface area (Å²) in [6.07, 6.45) is 4.50. The average molecular weight is 499 g/mol. The summed E-state index contributed by atoms with van der Waals surface area (Å²) in [6.45, 7) is 4.11. The Bertz CT molecular complexity index is 1420. The SMILES string of the molecule is CO[N+](=O)c1ccc(Nc2c(C=[NH+]c3ccc(N=O)cc3)n(CCN3CCCC3)c3ccccc23)cc1. The number of anilines is 2. The normalized spacial score (nSPS) is 13.9. The molecule has 1 aliphatic heterocycles. The van der Waals surface area contributed by atoms with Gasteiger partial charge < -0.3 is 14.8 Å². The van der Waals surface area contributed by atoms with E-state index in [9.17, 15) is 9.81 Å². The lowest BCUT2D eigenvalue weighted by molar-refractivity contribution is -0.736. The molecule has 0 spiro atoms. The van der Waals surface area contributed by atoms with Crippen LogP contribution in [0.15, 0.2) is 78.0 Å². The van der Waals surface area contributed by atoms with Crippen molar-refractivity contribution in [2.75, 3.05) is 32.1 Å². The lowest BCUT2D eigenvalue weighted by Crippen LogP contribution is -2.61. The lowest BCUT2D eigenvalue weighted by Gasteiger charge is -2.16. The van der Waals surface area contributed by atoms with E-state index in [-0.39, 0.29) is 0 Å². The van der Waals surface area contributed by atoms with E-state index in [1.165, 1.54) is 20.0 Å². The number of benzene rings is 3. The number of nitrogens with zero attached hydrogens (tertiary/aromatic N) is 4. The Hall–Kier alpha value is -4.37. The monoisotopic (exact) mass is 498 g/mol. The Morgan fingerprint density at radius 2 is 1.73 bits per heavy atom. The first-order valence-electron chi connectivity index (χ1n) is 12.4. The molecule has 0 radical (unpaired) electrons. The van der Waals surface area contributed by atoms with Gasteiger partial charge in [0.1, 0.15) is 11.4 Å². The van der Waals surface area contributed by atoms with Gasteiger partial charge in [-0.1, -0.05) is 18.2 Å². The third kappa shape index (κ3) is 5.41. The number of nitroso groups, excluding NO2 is 1. The van der Waals surface area contributed by atoms with Crippen molar-refractivity contribution < 1.29 is 14.8 Å². The maximum Gasteiger partial charge on any atom is 0.316 e. The molecular formula is C28H30N6O3+2. The minimum Gasteiger partial charge on any atom is -0.353 e. The number of rotatable bonds is 10. The number of hydrogen-bond donors (Lipinski definition) is 2. The summed E-state index contributed by atoms with van der Waals surface area (Å²) in [5, 5.41) is 7.66. The number of nitrogens with one attached hydrogen (secondary N) is 2. The van der Waals surface area contributed by atoms with E-state index in [1.807, 2.05) is 36.5 Å². The number of para-hydroxylation sites is 1. The molecule has 5 rings (SSSR count). The van der Waals surface area contributed by atoms with E-state index in [0.717, 1.165) is 59.8 Å². The maximum atomic E-state index is 11.8. The van der Waals surface area contributed by atoms with Crippen LogP contribution < -0.4 is 10.3 Å². The molecular weight excluding hydrogens is 468 g/mol. The van der Waals surface area contributed by atoms with E-state index < -0.39 is 0 Å². The Balaban J connectivity index is 1.54. The van der Waals surface area contributed by atoms with Crippen molar-refractivity contribution in [1.29, 1.82) is 0 Å². The summed E-state index contributed by atoms with van der Waals surface area (Å²) in [6, 6.07) is 22.6. The molecule has 1 fully saturated rings. The summed E-state index contributed by atoms with van der Waals surface area (Å²) in [5.74, 6) is 0. The van der Waals surface area contributed by atoms with Gasteiger partial charge in [-0.15, -0.1) is 4.91 Å². The Morgan fingerprint density at radius 3 is 2.43 bits per heavy atom. The summed E-state index contributed by atoms with van der Waals surface area (Å²) in [4.78, 5) is 33.7. The predicted octanol–water partition coefficient (Wildman–Crippen LogP) is 4.68. The minimum absolute atomic E-state index is 0.390. The predicted molar refractivity (Wildman–Crippen MR) is 145 cm³/mol. The second-order valence-electron chi connectivity index (χ2n) is 9.02. The first-order valence-corrected chi connectivity index (χ1v) is 12.4. The van der Waals surface area contributed by atoms with Crippen LogP contribution in [0, 0.1) is 9.81 Å². The molecule has 0 saturated carbocycles. The molecule has 1 saturated heterocycles. The minimum atomic E-state index is 0.390. The van der Waals surface area contributed by atoms with Crippen molar-refractivity contribution in [2.24, 2.45) is 5.18 Å². The van der Waals surface area contributed by atoms with Gasteiger partial charge in [-0.2, -0.15) is 0 Å². The zero-order chi connectivity index (χ0) is 25.6. The van der Waals surface area contributed by atoms with Crippen molar-refractivity contribution in [1.82, 2.24) is 9.47 Å². The standard InChI is InChI=1S/C28H28N6O3/c1-37-34(36)24-14-12-22(13-15-24)30-28-25-6-2-3-7-26(25)33(19-18-32-16-4-5-17-32)27(28)20-29-21-8-10-23(31-35)11-9-21/h2-3,6-15,20H,4-5,16-19H2,1H3/p+2. The number of hydrogen-bond acceptors (Lipinski definition) is 6. The van der Waals surface area contributed by atoms with Gasteiger partial charge in [0.25, 0.3) is 4.92 Å². The second kappa shape index (κ2) is 11.1.